The predicted octanol–water partition coefficient (Wildman–Crippen LogP) is 6.34. The molecule has 5 rings (SSSR count). The molecule has 0 N–H and O–H groups in total. The molecule has 0 bridgehead atoms. The van der Waals surface area contributed by atoms with Gasteiger partial charge in [-0.05, 0) is 42.0 Å². The van der Waals surface area contributed by atoms with Gasteiger partial charge in [-0.25, -0.2) is 0 Å². The molecule has 0 spiro atoms. The van der Waals surface area contributed by atoms with E-state index in [1.807, 2.05) is 77.4 Å². The molecule has 0 amide bonds. The molecule has 32 heavy (non-hydrogen) atoms. The van der Waals surface area contributed by atoms with Gasteiger partial charge >= 0.3 is 0 Å². The molecule has 3 aromatic carbocycles. The summed E-state index contributed by atoms with van der Waals surface area (Å²) in [4.78, 5) is 4.47. The van der Waals surface area contributed by atoms with Gasteiger partial charge < -0.3 is 4.74 Å². The Bertz CT molecular complexity index is 1330. The number of halogens is 1. The van der Waals surface area contributed by atoms with E-state index in [0.717, 1.165) is 27.5 Å². The molecule has 0 unspecified atom stereocenters. The average molecular weight is 459 g/mol. The van der Waals surface area contributed by atoms with Crippen LogP contribution in [0.5, 0.6) is 5.75 Å². The van der Waals surface area contributed by atoms with E-state index in [1.165, 1.54) is 5.56 Å². The SMILES string of the molecule is Clc1ccc(-n2c(COc3cccc4cccnc34)nnc2SCc2ccccc2)cc1. The second-order valence-electron chi connectivity index (χ2n) is 7.10. The highest BCUT2D eigenvalue weighted by molar-refractivity contribution is 7.98. The van der Waals surface area contributed by atoms with Gasteiger partial charge in [0.05, 0.1) is 0 Å². The lowest BCUT2D eigenvalue weighted by molar-refractivity contribution is 0.296. The van der Waals surface area contributed by atoms with Crippen LogP contribution in [-0.2, 0) is 12.4 Å². The van der Waals surface area contributed by atoms with Gasteiger partial charge in [-0.3, -0.25) is 9.55 Å². The van der Waals surface area contributed by atoms with Crippen molar-refractivity contribution in [1.82, 2.24) is 19.7 Å². The molecular weight excluding hydrogens is 440 g/mol. The Kier molecular flexibility index (Phi) is 6.05. The van der Waals surface area contributed by atoms with Crippen molar-refractivity contribution in [2.45, 2.75) is 17.5 Å². The Hall–Kier alpha value is -3.35. The van der Waals surface area contributed by atoms with Gasteiger partial charge in [0.2, 0.25) is 0 Å². The van der Waals surface area contributed by atoms with Crippen LogP contribution in [0.15, 0.2) is 96.3 Å². The predicted molar refractivity (Wildman–Crippen MR) is 128 cm³/mol. The Morgan fingerprint density at radius 3 is 2.50 bits per heavy atom. The molecule has 7 heteroatoms. The first-order valence-corrected chi connectivity index (χ1v) is 11.5. The van der Waals surface area contributed by atoms with Crippen molar-refractivity contribution in [2.24, 2.45) is 0 Å². The van der Waals surface area contributed by atoms with Crippen molar-refractivity contribution >= 4 is 34.3 Å². The van der Waals surface area contributed by atoms with Gasteiger partial charge in [0.15, 0.2) is 11.0 Å². The fourth-order valence-corrected chi connectivity index (χ4v) is 4.45. The van der Waals surface area contributed by atoms with Gasteiger partial charge in [0, 0.05) is 28.0 Å². The van der Waals surface area contributed by atoms with Crippen LogP contribution < -0.4 is 4.74 Å². The lowest BCUT2D eigenvalue weighted by Crippen LogP contribution is -2.07. The zero-order chi connectivity index (χ0) is 21.8. The lowest BCUT2D eigenvalue weighted by atomic mass is 10.2. The summed E-state index contributed by atoms with van der Waals surface area (Å²) in [5, 5.41) is 11.4. The van der Waals surface area contributed by atoms with Gasteiger partial charge in [0.25, 0.3) is 0 Å². The van der Waals surface area contributed by atoms with E-state index >= 15 is 0 Å². The minimum Gasteiger partial charge on any atom is -0.483 e. The number of thioether (sulfide) groups is 1. The average Bonchev–Trinajstić information content (AvgIpc) is 3.25. The third-order valence-electron chi connectivity index (χ3n) is 4.95. The molecular formula is C25H19ClN4OS. The van der Waals surface area contributed by atoms with Crippen LogP contribution >= 0.6 is 23.4 Å². The third-order valence-corrected chi connectivity index (χ3v) is 6.20. The molecule has 0 radical (unpaired) electrons. The minimum atomic E-state index is 0.261. The van der Waals surface area contributed by atoms with Gasteiger partial charge in [-0.15, -0.1) is 10.2 Å². The van der Waals surface area contributed by atoms with E-state index in [9.17, 15) is 0 Å². The maximum Gasteiger partial charge on any atom is 0.196 e. The number of benzene rings is 3. The summed E-state index contributed by atoms with van der Waals surface area (Å²) in [7, 11) is 0. The maximum atomic E-state index is 6.15. The second-order valence-corrected chi connectivity index (χ2v) is 8.48. The molecule has 0 fully saturated rings. The molecule has 0 aliphatic carbocycles. The Morgan fingerprint density at radius 1 is 0.844 bits per heavy atom. The Morgan fingerprint density at radius 2 is 1.66 bits per heavy atom. The summed E-state index contributed by atoms with van der Waals surface area (Å²) in [6.07, 6.45) is 1.77. The fourth-order valence-electron chi connectivity index (χ4n) is 3.39. The summed E-state index contributed by atoms with van der Waals surface area (Å²) in [5.41, 5.74) is 2.98. The van der Waals surface area contributed by atoms with Crippen LogP contribution in [0.1, 0.15) is 11.4 Å². The van der Waals surface area contributed by atoms with Gasteiger partial charge in [0.1, 0.15) is 17.9 Å². The molecule has 2 aromatic heterocycles. The number of rotatable bonds is 7. The molecule has 2 heterocycles. The molecule has 5 nitrogen and oxygen atoms in total. The van der Waals surface area contributed by atoms with E-state index in [0.29, 0.717) is 16.6 Å². The first-order valence-electron chi connectivity index (χ1n) is 10.1. The smallest absolute Gasteiger partial charge is 0.196 e. The van der Waals surface area contributed by atoms with Crippen molar-refractivity contribution < 1.29 is 4.74 Å². The van der Waals surface area contributed by atoms with E-state index in [2.05, 4.69) is 27.3 Å². The van der Waals surface area contributed by atoms with E-state index in [1.54, 1.807) is 18.0 Å². The summed E-state index contributed by atoms with van der Waals surface area (Å²) in [6.45, 7) is 0.261. The Balaban J connectivity index is 1.44. The quantitative estimate of drug-likeness (QED) is 0.266. The van der Waals surface area contributed by atoms with Gasteiger partial charge in [-0.1, -0.05) is 71.9 Å². The molecule has 0 saturated heterocycles. The Labute approximate surface area is 195 Å². The van der Waals surface area contributed by atoms with Crippen LogP contribution in [0.3, 0.4) is 0 Å². The maximum absolute atomic E-state index is 6.15. The number of fused-ring (bicyclic) bond motifs is 1. The summed E-state index contributed by atoms with van der Waals surface area (Å²) in [5.74, 6) is 2.21. The van der Waals surface area contributed by atoms with Crippen LogP contribution in [0, 0.1) is 0 Å². The van der Waals surface area contributed by atoms with Gasteiger partial charge in [-0.2, -0.15) is 0 Å². The molecule has 0 aliphatic heterocycles. The normalized spacial score (nSPS) is 11.0. The first kappa shape index (κ1) is 20.5. The van der Waals surface area contributed by atoms with Crippen molar-refractivity contribution in [2.75, 3.05) is 0 Å². The van der Waals surface area contributed by atoms with Crippen molar-refractivity contribution in [3.63, 3.8) is 0 Å². The van der Waals surface area contributed by atoms with E-state index in [-0.39, 0.29) is 6.61 Å². The summed E-state index contributed by atoms with van der Waals surface area (Å²) in [6, 6.07) is 27.8. The second kappa shape index (κ2) is 9.42. The first-order chi connectivity index (χ1) is 15.8. The largest absolute Gasteiger partial charge is 0.483 e. The lowest BCUT2D eigenvalue weighted by Gasteiger charge is -2.12. The van der Waals surface area contributed by atoms with Crippen LogP contribution in [0.25, 0.3) is 16.6 Å². The fraction of sp³-hybridized carbons (Fsp3) is 0.0800. The topological polar surface area (TPSA) is 52.8 Å². The van der Waals surface area contributed by atoms with Crippen LogP contribution in [-0.4, -0.2) is 19.7 Å². The van der Waals surface area contributed by atoms with Crippen molar-refractivity contribution in [3.05, 3.63) is 108 Å². The standard InChI is InChI=1S/C25H19ClN4OS/c26-20-11-13-21(14-12-20)30-23(28-29-25(30)32-17-18-6-2-1-3-7-18)16-31-22-10-4-8-19-9-5-15-27-24(19)22/h1-15H,16-17H2. The molecule has 158 valence electrons. The molecule has 0 atom stereocenters. The number of pyridine rings is 1. The highest BCUT2D eigenvalue weighted by Gasteiger charge is 2.16. The number of hydrogen-bond donors (Lipinski definition) is 0. The molecule has 0 aliphatic rings. The minimum absolute atomic E-state index is 0.261. The third kappa shape index (κ3) is 4.47. The number of nitrogens with zero attached hydrogens (tertiary/aromatic N) is 4. The van der Waals surface area contributed by atoms with Crippen LogP contribution in [0.2, 0.25) is 5.02 Å². The van der Waals surface area contributed by atoms with E-state index < -0.39 is 0 Å². The highest BCUT2D eigenvalue weighted by Crippen LogP contribution is 2.28. The molecule has 0 saturated carbocycles. The van der Waals surface area contributed by atoms with E-state index in [4.69, 9.17) is 16.3 Å². The number of aromatic nitrogens is 4. The summed E-state index contributed by atoms with van der Waals surface area (Å²) < 4.78 is 8.16. The highest BCUT2D eigenvalue weighted by atomic mass is 35.5. The van der Waals surface area contributed by atoms with Crippen molar-refractivity contribution in [1.29, 1.82) is 0 Å². The monoisotopic (exact) mass is 458 g/mol. The van der Waals surface area contributed by atoms with Crippen molar-refractivity contribution in [3.8, 4) is 11.4 Å². The number of ether oxygens (including phenoxy) is 1. The van der Waals surface area contributed by atoms with Crippen LogP contribution in [0.4, 0.5) is 0 Å². The zero-order valence-electron chi connectivity index (χ0n) is 17.1. The zero-order valence-corrected chi connectivity index (χ0v) is 18.6. The molecule has 5 aromatic rings. The number of para-hydroxylation sites is 1. The summed E-state index contributed by atoms with van der Waals surface area (Å²) >= 11 is 7.75. The number of hydrogen-bond acceptors (Lipinski definition) is 5.